The summed E-state index contributed by atoms with van der Waals surface area (Å²) in [4.78, 5) is 25.8. The summed E-state index contributed by atoms with van der Waals surface area (Å²) in [6.45, 7) is 5.08. The first-order valence-electron chi connectivity index (χ1n) is 14.3. The van der Waals surface area contributed by atoms with Crippen molar-refractivity contribution in [1.82, 2.24) is 9.88 Å². The van der Waals surface area contributed by atoms with Gasteiger partial charge < -0.3 is 24.1 Å². The molecule has 1 saturated heterocycles. The molecule has 2 N–H and O–H groups in total. The summed E-state index contributed by atoms with van der Waals surface area (Å²) in [5, 5.41) is 6.95. The van der Waals surface area contributed by atoms with Crippen LogP contribution in [-0.4, -0.2) is 48.0 Å². The molecule has 3 fully saturated rings. The first kappa shape index (κ1) is 25.7. The minimum absolute atomic E-state index is 0.0311. The summed E-state index contributed by atoms with van der Waals surface area (Å²) in [6.07, 6.45) is 6.60. The number of amides is 2. The fourth-order valence-electron chi connectivity index (χ4n) is 5.45. The van der Waals surface area contributed by atoms with E-state index in [1.807, 2.05) is 50.2 Å². The third kappa shape index (κ3) is 5.62. The van der Waals surface area contributed by atoms with E-state index in [1.165, 1.54) is 6.42 Å². The molecule has 0 radical (unpaired) electrons. The minimum Gasteiger partial charge on any atom is -0.490 e. The average molecular weight is 532 g/mol. The maximum atomic E-state index is 13.7. The number of carbonyl (C=O) groups excluding carboxylic acids is 2. The van der Waals surface area contributed by atoms with Crippen molar-refractivity contribution in [3.05, 3.63) is 48.0 Å². The molecule has 206 valence electrons. The number of benzene rings is 2. The molecule has 39 heavy (non-hydrogen) atoms. The number of hydrogen-bond acceptors (Lipinski definition) is 5. The topological polar surface area (TPSA) is 90.8 Å². The lowest BCUT2D eigenvalue weighted by Crippen LogP contribution is -2.26. The van der Waals surface area contributed by atoms with Crippen LogP contribution in [0.1, 0.15) is 75.2 Å². The van der Waals surface area contributed by atoms with Gasteiger partial charge in [-0.2, -0.15) is 0 Å². The van der Waals surface area contributed by atoms with E-state index in [4.69, 9.17) is 14.2 Å². The molecule has 2 aromatic carbocycles. The van der Waals surface area contributed by atoms with Crippen molar-refractivity contribution >= 4 is 28.6 Å². The van der Waals surface area contributed by atoms with Crippen molar-refractivity contribution in [1.29, 1.82) is 0 Å². The predicted octanol–water partition coefficient (Wildman–Crippen LogP) is 6.44. The maximum absolute atomic E-state index is 13.7. The standard InChI is InChI=1S/C31H37N3O5/c1-19(2)38-31(36)33-22-8-6-20(7-9-22)29-28(30(35)32-21-10-11-21)26-13-12-25(39-24-14-16-37-17-15-24)18-27(26)34(29)23-4-3-5-23/h6-9,12-13,18-19,21,23-24H,3-5,10-11,14-17H2,1-2H3,(H,32,35)(H,33,36). The van der Waals surface area contributed by atoms with E-state index in [0.717, 1.165) is 79.6 Å². The van der Waals surface area contributed by atoms with E-state index in [-0.39, 0.29) is 24.2 Å². The Balaban J connectivity index is 1.41. The zero-order valence-corrected chi connectivity index (χ0v) is 22.7. The van der Waals surface area contributed by atoms with Crippen LogP contribution in [0.5, 0.6) is 5.75 Å². The molecular formula is C31H37N3O5. The van der Waals surface area contributed by atoms with Gasteiger partial charge in [0.2, 0.25) is 0 Å². The van der Waals surface area contributed by atoms with Crippen molar-refractivity contribution in [2.24, 2.45) is 0 Å². The second kappa shape index (κ2) is 10.9. The van der Waals surface area contributed by atoms with Gasteiger partial charge in [0.25, 0.3) is 5.91 Å². The summed E-state index contributed by atoms with van der Waals surface area (Å²) in [5.41, 5.74) is 4.25. The Morgan fingerprint density at radius 1 is 0.974 bits per heavy atom. The maximum Gasteiger partial charge on any atom is 0.411 e. The number of rotatable bonds is 8. The van der Waals surface area contributed by atoms with Crippen molar-refractivity contribution in [3.63, 3.8) is 0 Å². The summed E-state index contributed by atoms with van der Waals surface area (Å²) >= 11 is 0. The highest BCUT2D eigenvalue weighted by molar-refractivity contribution is 6.13. The van der Waals surface area contributed by atoms with Crippen LogP contribution in [0.15, 0.2) is 42.5 Å². The lowest BCUT2D eigenvalue weighted by atomic mass is 9.92. The van der Waals surface area contributed by atoms with E-state index in [0.29, 0.717) is 17.3 Å². The zero-order valence-electron chi connectivity index (χ0n) is 22.7. The van der Waals surface area contributed by atoms with Crippen LogP contribution in [-0.2, 0) is 9.47 Å². The summed E-state index contributed by atoms with van der Waals surface area (Å²) in [5.74, 6) is 0.799. The molecule has 8 heteroatoms. The van der Waals surface area contributed by atoms with Gasteiger partial charge in [-0.1, -0.05) is 12.1 Å². The van der Waals surface area contributed by atoms with Crippen LogP contribution in [0, 0.1) is 0 Å². The van der Waals surface area contributed by atoms with Crippen molar-refractivity contribution in [3.8, 4) is 17.0 Å². The average Bonchev–Trinajstić information content (AvgIpc) is 3.64. The Morgan fingerprint density at radius 2 is 1.72 bits per heavy atom. The molecule has 0 unspecified atom stereocenters. The summed E-state index contributed by atoms with van der Waals surface area (Å²) in [7, 11) is 0. The van der Waals surface area contributed by atoms with E-state index in [9.17, 15) is 9.59 Å². The highest BCUT2D eigenvalue weighted by Gasteiger charge is 2.33. The largest absolute Gasteiger partial charge is 0.490 e. The number of nitrogens with zero attached hydrogens (tertiary/aromatic N) is 1. The third-order valence-corrected chi connectivity index (χ3v) is 7.77. The van der Waals surface area contributed by atoms with Gasteiger partial charge >= 0.3 is 6.09 Å². The molecule has 1 aromatic heterocycles. The van der Waals surface area contributed by atoms with Gasteiger partial charge in [-0.15, -0.1) is 0 Å². The van der Waals surface area contributed by atoms with Crippen LogP contribution >= 0.6 is 0 Å². The lowest BCUT2D eigenvalue weighted by Gasteiger charge is -2.30. The highest BCUT2D eigenvalue weighted by atomic mass is 16.6. The van der Waals surface area contributed by atoms with E-state index < -0.39 is 6.09 Å². The van der Waals surface area contributed by atoms with Crippen molar-refractivity contribution in [2.45, 2.75) is 83.1 Å². The smallest absolute Gasteiger partial charge is 0.411 e. The van der Waals surface area contributed by atoms with Gasteiger partial charge in [-0.25, -0.2) is 4.79 Å². The van der Waals surface area contributed by atoms with Crippen LogP contribution in [0.4, 0.5) is 10.5 Å². The Morgan fingerprint density at radius 3 is 2.36 bits per heavy atom. The predicted molar refractivity (Wildman–Crippen MR) is 150 cm³/mol. The molecule has 2 heterocycles. The van der Waals surface area contributed by atoms with Gasteiger partial charge in [0, 0.05) is 42.1 Å². The molecule has 0 spiro atoms. The monoisotopic (exact) mass is 531 g/mol. The van der Waals surface area contributed by atoms with Crippen LogP contribution in [0.25, 0.3) is 22.2 Å². The first-order valence-corrected chi connectivity index (χ1v) is 14.3. The lowest BCUT2D eigenvalue weighted by molar-refractivity contribution is 0.0256. The summed E-state index contributed by atoms with van der Waals surface area (Å²) < 4.78 is 19.4. The van der Waals surface area contributed by atoms with Crippen molar-refractivity contribution < 1.29 is 23.8 Å². The molecule has 2 amide bonds. The number of aromatic nitrogens is 1. The number of carbonyl (C=O) groups is 2. The van der Waals surface area contributed by atoms with Gasteiger partial charge in [0.15, 0.2) is 0 Å². The molecule has 2 saturated carbocycles. The number of anilines is 1. The zero-order chi connectivity index (χ0) is 26.9. The Hall–Kier alpha value is -3.52. The fourth-order valence-corrected chi connectivity index (χ4v) is 5.45. The van der Waals surface area contributed by atoms with Crippen molar-refractivity contribution in [2.75, 3.05) is 18.5 Å². The molecule has 6 rings (SSSR count). The molecule has 0 bridgehead atoms. The van der Waals surface area contributed by atoms with Gasteiger partial charge in [-0.3, -0.25) is 10.1 Å². The Labute approximate surface area is 229 Å². The van der Waals surface area contributed by atoms with Gasteiger partial charge in [0.05, 0.1) is 36.1 Å². The van der Waals surface area contributed by atoms with E-state index in [1.54, 1.807) is 0 Å². The third-order valence-electron chi connectivity index (χ3n) is 7.77. The van der Waals surface area contributed by atoms with Crippen LogP contribution in [0.2, 0.25) is 0 Å². The minimum atomic E-state index is -0.483. The molecule has 0 atom stereocenters. The van der Waals surface area contributed by atoms with Gasteiger partial charge in [0.1, 0.15) is 11.9 Å². The Kier molecular flexibility index (Phi) is 7.21. The van der Waals surface area contributed by atoms with E-state index >= 15 is 0 Å². The quantitative estimate of drug-likeness (QED) is 0.349. The number of fused-ring (bicyclic) bond motifs is 1. The summed E-state index contributed by atoms with van der Waals surface area (Å²) in [6, 6.07) is 14.4. The highest BCUT2D eigenvalue weighted by Crippen LogP contribution is 2.44. The molecule has 3 aliphatic rings. The first-order chi connectivity index (χ1) is 19.0. The van der Waals surface area contributed by atoms with Gasteiger partial charge in [-0.05, 0) is 75.8 Å². The molecule has 8 nitrogen and oxygen atoms in total. The number of hydrogen-bond donors (Lipinski definition) is 2. The normalized spacial score (nSPS) is 18.1. The molecular weight excluding hydrogens is 494 g/mol. The fraction of sp³-hybridized carbons (Fsp3) is 0.484. The van der Waals surface area contributed by atoms with E-state index in [2.05, 4.69) is 21.3 Å². The number of nitrogens with one attached hydrogen (secondary N) is 2. The molecule has 2 aliphatic carbocycles. The number of ether oxygens (including phenoxy) is 3. The molecule has 1 aliphatic heterocycles. The Bertz CT molecular complexity index is 1350. The molecule has 3 aromatic rings. The second-order valence-electron chi connectivity index (χ2n) is 11.2. The SMILES string of the molecule is CC(C)OC(=O)Nc1ccc(-c2c(C(=O)NC3CC3)c3ccc(OC4CCOCC4)cc3n2C2CCC2)cc1. The second-order valence-corrected chi connectivity index (χ2v) is 11.2. The van der Waals surface area contributed by atoms with Crippen LogP contribution in [0.3, 0.4) is 0 Å². The van der Waals surface area contributed by atoms with Crippen LogP contribution < -0.4 is 15.4 Å².